The van der Waals surface area contributed by atoms with Gasteiger partial charge in [0.1, 0.15) is 5.82 Å². The molecule has 2 atom stereocenters. The van der Waals surface area contributed by atoms with E-state index in [1.54, 1.807) is 6.07 Å². The number of benzene rings is 1. The van der Waals surface area contributed by atoms with E-state index < -0.39 is 6.10 Å². The summed E-state index contributed by atoms with van der Waals surface area (Å²) in [5.74, 6) is -0.258. The summed E-state index contributed by atoms with van der Waals surface area (Å²) in [7, 11) is 0. The van der Waals surface area contributed by atoms with Crippen LogP contribution in [0.3, 0.4) is 0 Å². The molecule has 1 aromatic carbocycles. The molecular weight excluding hydrogens is 245 g/mol. The predicted molar refractivity (Wildman–Crippen MR) is 72.6 cm³/mol. The number of aliphatic hydroxyl groups excluding tert-OH is 1. The number of hydrogen-bond donors (Lipinski definition) is 1. The van der Waals surface area contributed by atoms with Gasteiger partial charge >= 0.3 is 0 Å². The van der Waals surface area contributed by atoms with E-state index >= 15 is 0 Å². The molecule has 0 aromatic heterocycles. The standard InChI is InChI=1S/C15H22FNO2/c1-3-13-10-19-7-6-17(13)9-15(18)14-5-4-12(16)8-11(14)2/h4-5,8,13,15,18H,3,6-7,9-10H2,1-2H3. The number of aliphatic hydroxyl groups is 1. The maximum Gasteiger partial charge on any atom is 0.123 e. The van der Waals surface area contributed by atoms with Crippen LogP contribution >= 0.6 is 0 Å². The van der Waals surface area contributed by atoms with Gasteiger partial charge in [-0.1, -0.05) is 13.0 Å². The van der Waals surface area contributed by atoms with E-state index in [2.05, 4.69) is 11.8 Å². The first kappa shape index (κ1) is 14.4. The van der Waals surface area contributed by atoms with Gasteiger partial charge in [-0.2, -0.15) is 0 Å². The zero-order valence-electron chi connectivity index (χ0n) is 11.6. The number of morpholine rings is 1. The molecule has 1 heterocycles. The third-order valence-electron chi connectivity index (χ3n) is 3.82. The molecule has 0 bridgehead atoms. The van der Waals surface area contributed by atoms with Crippen LogP contribution < -0.4 is 0 Å². The lowest BCUT2D eigenvalue weighted by Gasteiger charge is -2.36. The van der Waals surface area contributed by atoms with E-state index in [4.69, 9.17) is 4.74 Å². The fraction of sp³-hybridized carbons (Fsp3) is 0.600. The molecule has 0 saturated carbocycles. The van der Waals surface area contributed by atoms with Gasteiger partial charge in [0, 0.05) is 19.1 Å². The van der Waals surface area contributed by atoms with Crippen molar-refractivity contribution in [3.8, 4) is 0 Å². The Morgan fingerprint density at radius 1 is 1.53 bits per heavy atom. The van der Waals surface area contributed by atoms with Gasteiger partial charge in [-0.15, -0.1) is 0 Å². The third-order valence-corrected chi connectivity index (χ3v) is 3.82. The molecule has 1 N–H and O–H groups in total. The van der Waals surface area contributed by atoms with Crippen LogP contribution in [-0.4, -0.2) is 42.4 Å². The Morgan fingerprint density at radius 3 is 3.00 bits per heavy atom. The van der Waals surface area contributed by atoms with Gasteiger partial charge in [0.2, 0.25) is 0 Å². The van der Waals surface area contributed by atoms with Crippen molar-refractivity contribution >= 4 is 0 Å². The zero-order valence-corrected chi connectivity index (χ0v) is 11.6. The second-order valence-electron chi connectivity index (χ2n) is 5.15. The number of aryl methyl sites for hydroxylation is 1. The lowest BCUT2D eigenvalue weighted by Crippen LogP contribution is -2.46. The summed E-state index contributed by atoms with van der Waals surface area (Å²) in [5.41, 5.74) is 1.61. The van der Waals surface area contributed by atoms with Gasteiger partial charge in [-0.05, 0) is 36.6 Å². The Morgan fingerprint density at radius 2 is 2.32 bits per heavy atom. The van der Waals surface area contributed by atoms with Crippen LogP contribution in [0.4, 0.5) is 4.39 Å². The second-order valence-corrected chi connectivity index (χ2v) is 5.15. The molecule has 0 spiro atoms. The van der Waals surface area contributed by atoms with Gasteiger partial charge < -0.3 is 9.84 Å². The Hall–Kier alpha value is -0.970. The molecule has 19 heavy (non-hydrogen) atoms. The van der Waals surface area contributed by atoms with Crippen LogP contribution in [0.1, 0.15) is 30.6 Å². The third kappa shape index (κ3) is 3.53. The van der Waals surface area contributed by atoms with Crippen molar-refractivity contribution in [2.24, 2.45) is 0 Å². The molecule has 0 amide bonds. The molecule has 1 fully saturated rings. The van der Waals surface area contributed by atoms with Crippen LogP contribution in [0.15, 0.2) is 18.2 Å². The summed E-state index contributed by atoms with van der Waals surface area (Å²) in [6.07, 6.45) is 0.433. The first-order chi connectivity index (χ1) is 9.11. The van der Waals surface area contributed by atoms with E-state index in [0.29, 0.717) is 19.2 Å². The average Bonchev–Trinajstić information content (AvgIpc) is 2.39. The highest BCUT2D eigenvalue weighted by Crippen LogP contribution is 2.22. The molecule has 2 unspecified atom stereocenters. The minimum atomic E-state index is -0.576. The van der Waals surface area contributed by atoms with Crippen molar-refractivity contribution in [2.45, 2.75) is 32.4 Å². The summed E-state index contributed by atoms with van der Waals surface area (Å²) in [6, 6.07) is 4.91. The monoisotopic (exact) mass is 267 g/mol. The highest BCUT2D eigenvalue weighted by molar-refractivity contribution is 5.28. The van der Waals surface area contributed by atoms with E-state index in [-0.39, 0.29) is 5.82 Å². The van der Waals surface area contributed by atoms with E-state index in [9.17, 15) is 9.50 Å². The first-order valence-corrected chi connectivity index (χ1v) is 6.87. The van der Waals surface area contributed by atoms with E-state index in [1.165, 1.54) is 12.1 Å². The molecule has 1 saturated heterocycles. The van der Waals surface area contributed by atoms with Crippen molar-refractivity contribution < 1.29 is 14.2 Å². The fourth-order valence-electron chi connectivity index (χ4n) is 2.64. The Labute approximate surface area is 114 Å². The number of ether oxygens (including phenoxy) is 1. The average molecular weight is 267 g/mol. The first-order valence-electron chi connectivity index (χ1n) is 6.87. The Kier molecular flexibility index (Phi) is 4.91. The van der Waals surface area contributed by atoms with Crippen LogP contribution in [0, 0.1) is 12.7 Å². The number of nitrogens with zero attached hydrogens (tertiary/aromatic N) is 1. The van der Waals surface area contributed by atoms with Crippen LogP contribution in [0.5, 0.6) is 0 Å². The topological polar surface area (TPSA) is 32.7 Å². The van der Waals surface area contributed by atoms with Crippen molar-refractivity contribution in [1.82, 2.24) is 4.90 Å². The molecule has 1 aliphatic heterocycles. The lowest BCUT2D eigenvalue weighted by molar-refractivity contribution is -0.0278. The molecular formula is C15H22FNO2. The second kappa shape index (κ2) is 6.46. The van der Waals surface area contributed by atoms with Crippen LogP contribution in [0.25, 0.3) is 0 Å². The number of halogens is 1. The molecule has 3 nitrogen and oxygen atoms in total. The summed E-state index contributed by atoms with van der Waals surface area (Å²) in [4.78, 5) is 2.26. The minimum absolute atomic E-state index is 0.258. The molecule has 1 aromatic rings. The van der Waals surface area contributed by atoms with Crippen molar-refractivity contribution in [1.29, 1.82) is 0 Å². The smallest absolute Gasteiger partial charge is 0.123 e. The highest BCUT2D eigenvalue weighted by Gasteiger charge is 2.24. The predicted octanol–water partition coefficient (Wildman–Crippen LogP) is 2.28. The Bertz CT molecular complexity index is 425. The largest absolute Gasteiger partial charge is 0.387 e. The fourth-order valence-corrected chi connectivity index (χ4v) is 2.64. The number of hydrogen-bond acceptors (Lipinski definition) is 3. The summed E-state index contributed by atoms with van der Waals surface area (Å²) in [6.45, 7) is 6.82. The molecule has 0 aliphatic carbocycles. The summed E-state index contributed by atoms with van der Waals surface area (Å²) >= 11 is 0. The zero-order chi connectivity index (χ0) is 13.8. The van der Waals surface area contributed by atoms with E-state index in [1.807, 2.05) is 6.92 Å². The molecule has 106 valence electrons. The highest BCUT2D eigenvalue weighted by atomic mass is 19.1. The van der Waals surface area contributed by atoms with Gasteiger partial charge in [0.15, 0.2) is 0 Å². The van der Waals surface area contributed by atoms with Gasteiger partial charge in [0.05, 0.1) is 19.3 Å². The van der Waals surface area contributed by atoms with Gasteiger partial charge in [0.25, 0.3) is 0 Å². The van der Waals surface area contributed by atoms with E-state index in [0.717, 1.165) is 30.7 Å². The minimum Gasteiger partial charge on any atom is -0.387 e. The normalized spacial score (nSPS) is 22.4. The Balaban J connectivity index is 2.05. The molecule has 1 aliphatic rings. The SMILES string of the molecule is CCC1COCCN1CC(O)c1ccc(F)cc1C. The summed E-state index contributed by atoms with van der Waals surface area (Å²) in [5, 5.41) is 10.4. The van der Waals surface area contributed by atoms with Gasteiger partial charge in [-0.25, -0.2) is 4.39 Å². The van der Waals surface area contributed by atoms with Crippen molar-refractivity contribution in [2.75, 3.05) is 26.3 Å². The van der Waals surface area contributed by atoms with Crippen molar-refractivity contribution in [3.63, 3.8) is 0 Å². The molecule has 2 rings (SSSR count). The van der Waals surface area contributed by atoms with Crippen LogP contribution in [0.2, 0.25) is 0 Å². The quantitative estimate of drug-likeness (QED) is 0.908. The van der Waals surface area contributed by atoms with Crippen molar-refractivity contribution in [3.05, 3.63) is 35.1 Å². The molecule has 4 heteroatoms. The summed E-state index contributed by atoms with van der Waals surface area (Å²) < 4.78 is 18.5. The number of rotatable bonds is 4. The molecule has 0 radical (unpaired) electrons. The lowest BCUT2D eigenvalue weighted by atomic mass is 10.0. The maximum absolute atomic E-state index is 13.1. The number of β-amino-alcohol motifs (C(OH)–C–C–N with tert-alkyl or cyclic N) is 1. The van der Waals surface area contributed by atoms with Gasteiger partial charge in [-0.3, -0.25) is 4.90 Å². The maximum atomic E-state index is 13.1. The van der Waals surface area contributed by atoms with Crippen LogP contribution in [-0.2, 0) is 4.74 Å².